The Morgan fingerprint density at radius 1 is 1.21 bits per heavy atom. The average molecular weight is 281 g/mol. The maximum absolute atomic E-state index is 9.12. The summed E-state index contributed by atoms with van der Waals surface area (Å²) in [6.07, 6.45) is 1.15. The minimum atomic E-state index is 0.276. The topological polar surface area (TPSA) is 32.3 Å². The molecule has 0 heterocycles. The van der Waals surface area contributed by atoms with Crippen LogP contribution in [0.25, 0.3) is 0 Å². The lowest BCUT2D eigenvalue weighted by Gasteiger charge is -2.26. The molecular weight excluding hydrogens is 254 g/mol. The lowest BCUT2D eigenvalue weighted by molar-refractivity contribution is 0.250. The molecule has 3 heteroatoms. The summed E-state index contributed by atoms with van der Waals surface area (Å²) in [4.78, 5) is 0. The third-order valence-electron chi connectivity index (χ3n) is 3.20. The predicted octanol–water partition coefficient (Wildman–Crippen LogP) is 3.48. The summed E-state index contributed by atoms with van der Waals surface area (Å²) in [6, 6.07) is 11.0. The standard InChI is InChI=1S/C16H27NOS/c1-4-10-17-16(15-8-6-5-7-9-15)14(3)19-12-13(2)11-18/h5-9,13-14,16-18H,4,10-12H2,1-3H3. The smallest absolute Gasteiger partial charge is 0.0464 e. The highest BCUT2D eigenvalue weighted by atomic mass is 32.2. The van der Waals surface area contributed by atoms with Crippen LogP contribution in [-0.4, -0.2) is 29.3 Å². The fraction of sp³-hybridized carbons (Fsp3) is 0.625. The van der Waals surface area contributed by atoms with E-state index in [0.29, 0.717) is 17.2 Å². The van der Waals surface area contributed by atoms with Crippen molar-refractivity contribution < 1.29 is 5.11 Å². The van der Waals surface area contributed by atoms with Crippen LogP contribution >= 0.6 is 11.8 Å². The van der Waals surface area contributed by atoms with Gasteiger partial charge in [-0.15, -0.1) is 0 Å². The Kier molecular flexibility index (Phi) is 8.19. The molecule has 108 valence electrons. The van der Waals surface area contributed by atoms with E-state index in [1.807, 2.05) is 11.8 Å². The molecule has 0 spiro atoms. The second kappa shape index (κ2) is 9.40. The summed E-state index contributed by atoms with van der Waals surface area (Å²) in [5.41, 5.74) is 1.35. The maximum atomic E-state index is 9.12. The van der Waals surface area contributed by atoms with Gasteiger partial charge in [0.2, 0.25) is 0 Å². The average Bonchev–Trinajstić information content (AvgIpc) is 2.46. The van der Waals surface area contributed by atoms with Crippen LogP contribution in [0.4, 0.5) is 0 Å². The number of rotatable bonds is 9. The number of benzene rings is 1. The highest BCUT2D eigenvalue weighted by Crippen LogP contribution is 2.27. The van der Waals surface area contributed by atoms with Gasteiger partial charge in [-0.3, -0.25) is 0 Å². The Balaban J connectivity index is 2.62. The second-order valence-corrected chi connectivity index (χ2v) is 6.58. The first-order valence-electron chi connectivity index (χ1n) is 7.19. The Bertz CT molecular complexity index is 331. The molecule has 3 unspecified atom stereocenters. The second-order valence-electron chi connectivity index (χ2n) is 5.17. The Labute approximate surface area is 122 Å². The van der Waals surface area contributed by atoms with Gasteiger partial charge in [-0.2, -0.15) is 11.8 Å². The largest absolute Gasteiger partial charge is 0.396 e. The van der Waals surface area contributed by atoms with Gasteiger partial charge in [-0.25, -0.2) is 0 Å². The fourth-order valence-electron chi connectivity index (χ4n) is 1.98. The number of aliphatic hydroxyl groups is 1. The molecule has 0 amide bonds. The van der Waals surface area contributed by atoms with Crippen LogP contribution in [0.2, 0.25) is 0 Å². The molecule has 0 aliphatic rings. The lowest BCUT2D eigenvalue weighted by Crippen LogP contribution is -2.29. The molecule has 2 N–H and O–H groups in total. The van der Waals surface area contributed by atoms with Gasteiger partial charge in [0.1, 0.15) is 0 Å². The van der Waals surface area contributed by atoms with Crippen LogP contribution in [0.1, 0.15) is 38.8 Å². The van der Waals surface area contributed by atoms with E-state index in [-0.39, 0.29) is 6.61 Å². The third-order valence-corrected chi connectivity index (χ3v) is 4.76. The van der Waals surface area contributed by atoms with Gasteiger partial charge in [-0.1, -0.05) is 51.1 Å². The third kappa shape index (κ3) is 5.98. The fourth-order valence-corrected chi connectivity index (χ4v) is 3.16. The summed E-state index contributed by atoms with van der Waals surface area (Å²) in [5, 5.41) is 13.3. The van der Waals surface area contributed by atoms with Gasteiger partial charge in [0.25, 0.3) is 0 Å². The normalized spacial score (nSPS) is 16.0. The van der Waals surface area contributed by atoms with Crippen molar-refractivity contribution in [1.29, 1.82) is 0 Å². The molecule has 19 heavy (non-hydrogen) atoms. The molecule has 0 saturated carbocycles. The molecule has 0 aliphatic heterocycles. The quantitative estimate of drug-likeness (QED) is 0.727. The number of thioether (sulfide) groups is 1. The summed E-state index contributed by atoms with van der Waals surface area (Å²) in [5.74, 6) is 1.38. The van der Waals surface area contributed by atoms with Crippen molar-refractivity contribution in [3.63, 3.8) is 0 Å². The zero-order valence-corrected chi connectivity index (χ0v) is 13.1. The molecule has 3 atom stereocenters. The number of hydrogen-bond donors (Lipinski definition) is 2. The van der Waals surface area contributed by atoms with Crippen LogP contribution in [0.5, 0.6) is 0 Å². The Morgan fingerprint density at radius 2 is 1.89 bits per heavy atom. The van der Waals surface area contributed by atoms with E-state index in [1.54, 1.807) is 0 Å². The van der Waals surface area contributed by atoms with Crippen molar-refractivity contribution in [2.75, 3.05) is 18.9 Å². The van der Waals surface area contributed by atoms with Crippen LogP contribution in [0.15, 0.2) is 30.3 Å². The molecular formula is C16H27NOS. The van der Waals surface area contributed by atoms with Crippen molar-refractivity contribution in [2.24, 2.45) is 5.92 Å². The lowest BCUT2D eigenvalue weighted by atomic mass is 10.0. The minimum absolute atomic E-state index is 0.276. The highest BCUT2D eigenvalue weighted by molar-refractivity contribution is 7.99. The number of nitrogens with one attached hydrogen (secondary N) is 1. The molecule has 0 saturated heterocycles. The van der Waals surface area contributed by atoms with E-state index in [4.69, 9.17) is 5.11 Å². The molecule has 0 radical (unpaired) electrons. The first-order valence-corrected chi connectivity index (χ1v) is 8.24. The van der Waals surface area contributed by atoms with E-state index in [9.17, 15) is 0 Å². The van der Waals surface area contributed by atoms with Crippen molar-refractivity contribution in [3.8, 4) is 0 Å². The van der Waals surface area contributed by atoms with Crippen LogP contribution < -0.4 is 5.32 Å². The van der Waals surface area contributed by atoms with E-state index in [1.165, 1.54) is 5.56 Å². The van der Waals surface area contributed by atoms with Gasteiger partial charge >= 0.3 is 0 Å². The van der Waals surface area contributed by atoms with E-state index in [2.05, 4.69) is 56.4 Å². The molecule has 0 bridgehead atoms. The van der Waals surface area contributed by atoms with Crippen molar-refractivity contribution in [3.05, 3.63) is 35.9 Å². The summed E-state index contributed by atoms with van der Waals surface area (Å²) in [6.45, 7) is 7.88. The van der Waals surface area contributed by atoms with Crippen LogP contribution in [0, 0.1) is 5.92 Å². The number of hydrogen-bond acceptors (Lipinski definition) is 3. The molecule has 0 aliphatic carbocycles. The number of aliphatic hydroxyl groups excluding tert-OH is 1. The molecule has 0 fully saturated rings. The molecule has 1 aromatic rings. The molecule has 2 nitrogen and oxygen atoms in total. The van der Waals surface area contributed by atoms with Gasteiger partial charge in [0.15, 0.2) is 0 Å². The molecule has 1 rings (SSSR count). The van der Waals surface area contributed by atoms with Gasteiger partial charge in [0, 0.05) is 17.9 Å². The zero-order valence-electron chi connectivity index (χ0n) is 12.3. The minimum Gasteiger partial charge on any atom is -0.396 e. The summed E-state index contributed by atoms with van der Waals surface area (Å²) < 4.78 is 0. The van der Waals surface area contributed by atoms with Crippen LogP contribution in [-0.2, 0) is 0 Å². The first-order chi connectivity index (χ1) is 9.19. The summed E-state index contributed by atoms with van der Waals surface area (Å²) in [7, 11) is 0. The van der Waals surface area contributed by atoms with E-state index in [0.717, 1.165) is 18.7 Å². The van der Waals surface area contributed by atoms with Crippen molar-refractivity contribution in [1.82, 2.24) is 5.32 Å². The first kappa shape index (κ1) is 16.5. The van der Waals surface area contributed by atoms with Crippen molar-refractivity contribution >= 4 is 11.8 Å². The Hall–Kier alpha value is -0.510. The van der Waals surface area contributed by atoms with Gasteiger partial charge in [0.05, 0.1) is 0 Å². The molecule has 1 aromatic carbocycles. The zero-order chi connectivity index (χ0) is 14.1. The SMILES string of the molecule is CCCNC(c1ccccc1)C(C)SCC(C)CO. The van der Waals surface area contributed by atoms with E-state index < -0.39 is 0 Å². The predicted molar refractivity (Wildman–Crippen MR) is 85.6 cm³/mol. The van der Waals surface area contributed by atoms with Gasteiger partial charge in [-0.05, 0) is 30.2 Å². The van der Waals surface area contributed by atoms with Crippen LogP contribution in [0.3, 0.4) is 0 Å². The summed E-state index contributed by atoms with van der Waals surface area (Å²) >= 11 is 1.94. The monoisotopic (exact) mass is 281 g/mol. The van der Waals surface area contributed by atoms with Gasteiger partial charge < -0.3 is 10.4 Å². The maximum Gasteiger partial charge on any atom is 0.0464 e. The van der Waals surface area contributed by atoms with Crippen molar-refractivity contribution in [2.45, 2.75) is 38.5 Å². The van der Waals surface area contributed by atoms with E-state index >= 15 is 0 Å². The molecule has 0 aromatic heterocycles. The Morgan fingerprint density at radius 3 is 2.47 bits per heavy atom. The highest BCUT2D eigenvalue weighted by Gasteiger charge is 2.19.